The van der Waals surface area contributed by atoms with Crippen LogP contribution in [0.5, 0.6) is 5.75 Å². The summed E-state index contributed by atoms with van der Waals surface area (Å²) in [6, 6.07) is 7.57. The van der Waals surface area contributed by atoms with Crippen molar-refractivity contribution in [3.63, 3.8) is 0 Å². The summed E-state index contributed by atoms with van der Waals surface area (Å²) in [5.74, 6) is 0.811. The maximum Gasteiger partial charge on any atom is 0.208 e. The Bertz CT molecular complexity index is 447. The van der Waals surface area contributed by atoms with Gasteiger partial charge in [-0.05, 0) is 51.8 Å². The first-order valence-electron chi connectivity index (χ1n) is 4.25. The summed E-state index contributed by atoms with van der Waals surface area (Å²) in [5.41, 5.74) is 0.935. The zero-order valence-corrected chi connectivity index (χ0v) is 10.3. The van der Waals surface area contributed by atoms with Crippen molar-refractivity contribution in [2.45, 2.75) is 0 Å². The Kier molecular flexibility index (Phi) is 2.98. The van der Waals surface area contributed by atoms with Crippen LogP contribution in [-0.4, -0.2) is 16.7 Å². The van der Waals surface area contributed by atoms with Crippen molar-refractivity contribution in [3.8, 4) is 11.4 Å². The molecule has 0 saturated heterocycles. The average molecular weight is 288 g/mol. The van der Waals surface area contributed by atoms with Gasteiger partial charge in [-0.15, -0.1) is 0 Å². The van der Waals surface area contributed by atoms with Crippen LogP contribution in [0.2, 0.25) is 5.28 Å². The zero-order valence-electron chi connectivity index (χ0n) is 7.95. The monoisotopic (exact) mass is 286 g/mol. The van der Waals surface area contributed by atoms with E-state index in [4.69, 9.17) is 16.3 Å². The maximum atomic E-state index is 5.94. The van der Waals surface area contributed by atoms with E-state index < -0.39 is 0 Å². The third kappa shape index (κ3) is 2.01. The molecule has 5 heteroatoms. The van der Waals surface area contributed by atoms with Crippen LogP contribution < -0.4 is 4.74 Å². The highest BCUT2D eigenvalue weighted by Gasteiger charge is 2.07. The van der Waals surface area contributed by atoms with Gasteiger partial charge in [-0.1, -0.05) is 0 Å². The predicted molar refractivity (Wildman–Crippen MR) is 62.8 cm³/mol. The number of ether oxygens (including phenoxy) is 1. The van der Waals surface area contributed by atoms with Crippen molar-refractivity contribution in [1.82, 2.24) is 9.55 Å². The van der Waals surface area contributed by atoms with Gasteiger partial charge in [0.15, 0.2) is 0 Å². The number of benzene rings is 1. The Morgan fingerprint density at radius 1 is 1.33 bits per heavy atom. The molecule has 1 aromatic heterocycles. The van der Waals surface area contributed by atoms with Gasteiger partial charge in [0.2, 0.25) is 5.28 Å². The van der Waals surface area contributed by atoms with E-state index >= 15 is 0 Å². The Labute approximate surface area is 101 Å². The van der Waals surface area contributed by atoms with Gasteiger partial charge < -0.3 is 4.74 Å². The first kappa shape index (κ1) is 10.5. The normalized spacial score (nSPS) is 10.3. The molecule has 0 aliphatic heterocycles. The fourth-order valence-electron chi connectivity index (χ4n) is 1.27. The van der Waals surface area contributed by atoms with Crippen molar-refractivity contribution >= 4 is 27.5 Å². The summed E-state index contributed by atoms with van der Waals surface area (Å²) in [7, 11) is 1.63. The lowest BCUT2D eigenvalue weighted by molar-refractivity contribution is 0.414. The molecule has 0 amide bonds. The van der Waals surface area contributed by atoms with Crippen LogP contribution in [0.3, 0.4) is 0 Å². The smallest absolute Gasteiger partial charge is 0.208 e. The highest BCUT2D eigenvalue weighted by molar-refractivity contribution is 9.10. The molecule has 2 aromatic rings. The van der Waals surface area contributed by atoms with E-state index in [9.17, 15) is 0 Å². The molecule has 1 heterocycles. The SMILES string of the molecule is COc1ccc(-n2c(Br)cnc2Cl)cc1. The third-order valence-electron chi connectivity index (χ3n) is 2.01. The largest absolute Gasteiger partial charge is 0.497 e. The van der Waals surface area contributed by atoms with E-state index in [0.717, 1.165) is 16.0 Å². The Morgan fingerprint density at radius 2 is 2.00 bits per heavy atom. The van der Waals surface area contributed by atoms with Crippen LogP contribution in [0, 0.1) is 0 Å². The van der Waals surface area contributed by atoms with E-state index in [1.807, 2.05) is 24.3 Å². The lowest BCUT2D eigenvalue weighted by Gasteiger charge is -2.06. The number of aromatic nitrogens is 2. The topological polar surface area (TPSA) is 27.1 Å². The van der Waals surface area contributed by atoms with Crippen molar-refractivity contribution < 1.29 is 4.74 Å². The summed E-state index contributed by atoms with van der Waals surface area (Å²) in [6.45, 7) is 0. The van der Waals surface area contributed by atoms with Crippen molar-refractivity contribution in [3.05, 3.63) is 40.3 Å². The number of rotatable bonds is 2. The summed E-state index contributed by atoms with van der Waals surface area (Å²) in [6.07, 6.45) is 1.66. The van der Waals surface area contributed by atoms with E-state index in [1.54, 1.807) is 17.9 Å². The molecule has 15 heavy (non-hydrogen) atoms. The number of halogens is 2. The second-order valence-corrected chi connectivity index (χ2v) is 4.03. The molecule has 0 N–H and O–H groups in total. The van der Waals surface area contributed by atoms with Crippen molar-refractivity contribution in [2.75, 3.05) is 7.11 Å². The van der Waals surface area contributed by atoms with Crippen LogP contribution in [0.25, 0.3) is 5.69 Å². The van der Waals surface area contributed by atoms with Gasteiger partial charge in [0.1, 0.15) is 10.4 Å². The summed E-state index contributed by atoms with van der Waals surface area (Å²) < 4.78 is 7.69. The number of hydrogen-bond donors (Lipinski definition) is 0. The van der Waals surface area contributed by atoms with Gasteiger partial charge in [0, 0.05) is 5.69 Å². The van der Waals surface area contributed by atoms with Crippen LogP contribution in [-0.2, 0) is 0 Å². The number of methoxy groups -OCH3 is 1. The number of nitrogens with zero attached hydrogens (tertiary/aromatic N) is 2. The average Bonchev–Trinajstić information content (AvgIpc) is 2.59. The second kappa shape index (κ2) is 4.24. The molecule has 1 aromatic carbocycles. The maximum absolute atomic E-state index is 5.94. The highest BCUT2D eigenvalue weighted by Crippen LogP contribution is 2.24. The highest BCUT2D eigenvalue weighted by atomic mass is 79.9. The molecule has 0 bridgehead atoms. The lowest BCUT2D eigenvalue weighted by atomic mass is 10.3. The van der Waals surface area contributed by atoms with Crippen molar-refractivity contribution in [2.24, 2.45) is 0 Å². The molecule has 0 radical (unpaired) electrons. The second-order valence-electron chi connectivity index (χ2n) is 2.88. The standard InChI is InChI=1S/C10H8BrClN2O/c1-15-8-4-2-7(3-5-8)14-9(11)6-13-10(14)12/h2-6H,1H3. The van der Waals surface area contributed by atoms with E-state index in [2.05, 4.69) is 20.9 Å². The Balaban J connectivity index is 2.45. The van der Waals surface area contributed by atoms with Gasteiger partial charge in [-0.2, -0.15) is 0 Å². The minimum absolute atomic E-state index is 0.423. The molecule has 0 fully saturated rings. The molecule has 0 atom stereocenters. The number of hydrogen-bond acceptors (Lipinski definition) is 2. The molecule has 0 spiro atoms. The van der Waals surface area contributed by atoms with Gasteiger partial charge in [0.25, 0.3) is 0 Å². The van der Waals surface area contributed by atoms with E-state index in [0.29, 0.717) is 5.28 Å². The van der Waals surface area contributed by atoms with E-state index in [1.165, 1.54) is 0 Å². The molecule has 0 aliphatic carbocycles. The van der Waals surface area contributed by atoms with Crippen LogP contribution in [0.1, 0.15) is 0 Å². The van der Waals surface area contributed by atoms with Gasteiger partial charge in [-0.25, -0.2) is 4.98 Å². The molecule has 78 valence electrons. The first-order valence-corrected chi connectivity index (χ1v) is 5.42. The Hall–Kier alpha value is -1.00. The molecule has 0 saturated carbocycles. The molecular formula is C10H8BrClN2O. The molecule has 0 unspecified atom stereocenters. The lowest BCUT2D eigenvalue weighted by Crippen LogP contribution is -1.94. The zero-order chi connectivity index (χ0) is 10.8. The van der Waals surface area contributed by atoms with E-state index in [-0.39, 0.29) is 0 Å². The Morgan fingerprint density at radius 3 is 2.47 bits per heavy atom. The van der Waals surface area contributed by atoms with Crippen LogP contribution in [0.4, 0.5) is 0 Å². The van der Waals surface area contributed by atoms with Crippen LogP contribution >= 0.6 is 27.5 Å². The number of imidazole rings is 1. The first-order chi connectivity index (χ1) is 7.22. The van der Waals surface area contributed by atoms with Crippen molar-refractivity contribution in [1.29, 1.82) is 0 Å². The predicted octanol–water partition coefficient (Wildman–Crippen LogP) is 3.30. The van der Waals surface area contributed by atoms with Gasteiger partial charge in [-0.3, -0.25) is 4.57 Å². The molecule has 0 aliphatic rings. The summed E-state index contributed by atoms with van der Waals surface area (Å²) in [5, 5.41) is 0.423. The third-order valence-corrected chi connectivity index (χ3v) is 2.83. The molecule has 2 rings (SSSR count). The quantitative estimate of drug-likeness (QED) is 0.847. The fourth-order valence-corrected chi connectivity index (χ4v) is 2.09. The molecule has 3 nitrogen and oxygen atoms in total. The van der Waals surface area contributed by atoms with Gasteiger partial charge >= 0.3 is 0 Å². The fraction of sp³-hybridized carbons (Fsp3) is 0.100. The summed E-state index contributed by atoms with van der Waals surface area (Å²) >= 11 is 9.32. The van der Waals surface area contributed by atoms with Crippen LogP contribution in [0.15, 0.2) is 35.1 Å². The minimum atomic E-state index is 0.423. The minimum Gasteiger partial charge on any atom is -0.497 e. The van der Waals surface area contributed by atoms with Gasteiger partial charge in [0.05, 0.1) is 13.3 Å². The molecular weight excluding hydrogens is 279 g/mol. The summed E-state index contributed by atoms with van der Waals surface area (Å²) in [4.78, 5) is 3.99.